The standard InChI is InChI=1S/C13H21N/c1-4-6-9-12(3)10-7-11-13(14)8-5-2/h5,7-11H,4,6,14H2,1-3H3/b8-5-,10-7+,12-9-,13-11+. The largest absolute Gasteiger partial charge is 0.399 e. The number of allylic oxidation sites excluding steroid dienone is 7. The van der Waals surface area contributed by atoms with Crippen LogP contribution < -0.4 is 5.73 Å². The zero-order valence-corrected chi connectivity index (χ0v) is 9.46. The van der Waals surface area contributed by atoms with E-state index in [1.165, 1.54) is 12.0 Å². The average Bonchev–Trinajstić information content (AvgIpc) is 2.15. The Bertz CT molecular complexity index is 254. The van der Waals surface area contributed by atoms with Crippen molar-refractivity contribution in [3.05, 3.63) is 47.7 Å². The van der Waals surface area contributed by atoms with Crippen LogP contribution in [-0.4, -0.2) is 0 Å². The smallest absolute Gasteiger partial charge is 0.0310 e. The molecular formula is C13H21N. The molecule has 0 rings (SSSR count). The monoisotopic (exact) mass is 191 g/mol. The van der Waals surface area contributed by atoms with E-state index < -0.39 is 0 Å². The van der Waals surface area contributed by atoms with E-state index in [0.717, 1.165) is 12.1 Å². The summed E-state index contributed by atoms with van der Waals surface area (Å²) in [7, 11) is 0. The Balaban J connectivity index is 4.11. The first-order valence-electron chi connectivity index (χ1n) is 5.14. The summed E-state index contributed by atoms with van der Waals surface area (Å²) in [6.07, 6.45) is 14.4. The first kappa shape index (κ1) is 12.8. The summed E-state index contributed by atoms with van der Waals surface area (Å²) in [6, 6.07) is 0. The summed E-state index contributed by atoms with van der Waals surface area (Å²) in [5, 5.41) is 0. The van der Waals surface area contributed by atoms with Gasteiger partial charge in [-0.15, -0.1) is 0 Å². The highest BCUT2D eigenvalue weighted by molar-refractivity contribution is 5.25. The van der Waals surface area contributed by atoms with Gasteiger partial charge in [0.2, 0.25) is 0 Å². The van der Waals surface area contributed by atoms with Crippen LogP contribution in [0, 0.1) is 0 Å². The van der Waals surface area contributed by atoms with Gasteiger partial charge in [-0.1, -0.05) is 43.2 Å². The number of nitrogens with two attached hydrogens (primary N) is 1. The Hall–Kier alpha value is -1.24. The van der Waals surface area contributed by atoms with E-state index in [1.807, 2.05) is 31.2 Å². The lowest BCUT2D eigenvalue weighted by atomic mass is 10.2. The van der Waals surface area contributed by atoms with Crippen molar-refractivity contribution in [1.82, 2.24) is 0 Å². The normalized spacial score (nSPS) is 14.5. The van der Waals surface area contributed by atoms with E-state index in [0.29, 0.717) is 0 Å². The van der Waals surface area contributed by atoms with Crippen LogP contribution >= 0.6 is 0 Å². The van der Waals surface area contributed by atoms with Crippen LogP contribution in [0.1, 0.15) is 33.6 Å². The summed E-state index contributed by atoms with van der Waals surface area (Å²) < 4.78 is 0. The van der Waals surface area contributed by atoms with Crippen LogP contribution in [0.5, 0.6) is 0 Å². The van der Waals surface area contributed by atoms with Crippen molar-refractivity contribution in [3.63, 3.8) is 0 Å². The zero-order valence-electron chi connectivity index (χ0n) is 9.46. The van der Waals surface area contributed by atoms with Crippen molar-refractivity contribution in [2.75, 3.05) is 0 Å². The first-order chi connectivity index (χ1) is 6.70. The van der Waals surface area contributed by atoms with Crippen molar-refractivity contribution < 1.29 is 0 Å². The molecule has 0 heterocycles. The molecule has 2 N–H and O–H groups in total. The topological polar surface area (TPSA) is 26.0 Å². The third kappa shape index (κ3) is 7.41. The fourth-order valence-corrected chi connectivity index (χ4v) is 0.999. The van der Waals surface area contributed by atoms with Crippen molar-refractivity contribution >= 4 is 0 Å². The maximum Gasteiger partial charge on any atom is 0.0310 e. The van der Waals surface area contributed by atoms with E-state index >= 15 is 0 Å². The Morgan fingerprint density at radius 2 is 2.00 bits per heavy atom. The quantitative estimate of drug-likeness (QED) is 0.659. The van der Waals surface area contributed by atoms with Crippen LogP contribution in [0.4, 0.5) is 0 Å². The van der Waals surface area contributed by atoms with Gasteiger partial charge in [0.05, 0.1) is 0 Å². The maximum atomic E-state index is 5.67. The number of hydrogen-bond donors (Lipinski definition) is 1. The predicted molar refractivity (Wildman–Crippen MR) is 64.9 cm³/mol. The van der Waals surface area contributed by atoms with Gasteiger partial charge in [-0.05, 0) is 32.4 Å². The number of unbranched alkanes of at least 4 members (excludes halogenated alkanes) is 1. The van der Waals surface area contributed by atoms with Crippen LogP contribution in [0.2, 0.25) is 0 Å². The molecule has 0 radical (unpaired) electrons. The minimum Gasteiger partial charge on any atom is -0.399 e. The molecule has 78 valence electrons. The molecule has 1 heteroatoms. The fraction of sp³-hybridized carbons (Fsp3) is 0.385. The highest BCUT2D eigenvalue weighted by Gasteiger charge is 1.80. The van der Waals surface area contributed by atoms with Gasteiger partial charge in [-0.25, -0.2) is 0 Å². The summed E-state index contributed by atoms with van der Waals surface area (Å²) in [5.74, 6) is 0. The molecule has 0 saturated heterocycles. The van der Waals surface area contributed by atoms with Crippen molar-refractivity contribution in [3.8, 4) is 0 Å². The van der Waals surface area contributed by atoms with Crippen LogP contribution in [0.15, 0.2) is 47.7 Å². The van der Waals surface area contributed by atoms with Crippen molar-refractivity contribution in [2.45, 2.75) is 33.6 Å². The van der Waals surface area contributed by atoms with Crippen LogP contribution in [0.25, 0.3) is 0 Å². The lowest BCUT2D eigenvalue weighted by Gasteiger charge is -1.91. The van der Waals surface area contributed by atoms with Gasteiger partial charge in [-0.2, -0.15) is 0 Å². The number of rotatable bonds is 5. The van der Waals surface area contributed by atoms with Gasteiger partial charge in [0.15, 0.2) is 0 Å². The third-order valence-electron chi connectivity index (χ3n) is 1.76. The predicted octanol–water partition coefficient (Wildman–Crippen LogP) is 3.71. The van der Waals surface area contributed by atoms with E-state index in [-0.39, 0.29) is 0 Å². The molecule has 0 aromatic carbocycles. The minimum absolute atomic E-state index is 0.784. The summed E-state index contributed by atoms with van der Waals surface area (Å²) in [6.45, 7) is 6.24. The molecule has 0 unspecified atom stereocenters. The van der Waals surface area contributed by atoms with Crippen LogP contribution in [0.3, 0.4) is 0 Å². The molecule has 0 spiro atoms. The molecule has 0 saturated carbocycles. The third-order valence-corrected chi connectivity index (χ3v) is 1.76. The second-order valence-corrected chi connectivity index (χ2v) is 3.26. The minimum atomic E-state index is 0.784. The Morgan fingerprint density at radius 1 is 1.29 bits per heavy atom. The molecule has 0 aliphatic carbocycles. The van der Waals surface area contributed by atoms with Gasteiger partial charge in [0, 0.05) is 5.70 Å². The molecule has 0 amide bonds. The van der Waals surface area contributed by atoms with Gasteiger partial charge >= 0.3 is 0 Å². The molecule has 0 aromatic heterocycles. The second kappa shape index (κ2) is 8.36. The van der Waals surface area contributed by atoms with Crippen LogP contribution in [-0.2, 0) is 0 Å². The maximum absolute atomic E-state index is 5.67. The van der Waals surface area contributed by atoms with Gasteiger partial charge in [-0.3, -0.25) is 0 Å². The highest BCUT2D eigenvalue weighted by Crippen LogP contribution is 2.00. The molecule has 0 atom stereocenters. The lowest BCUT2D eigenvalue weighted by molar-refractivity contribution is 0.952. The molecule has 14 heavy (non-hydrogen) atoms. The molecule has 0 aliphatic rings. The molecule has 0 aliphatic heterocycles. The first-order valence-corrected chi connectivity index (χ1v) is 5.14. The Kier molecular flexibility index (Phi) is 7.62. The molecular weight excluding hydrogens is 170 g/mol. The molecule has 0 fully saturated rings. The fourth-order valence-electron chi connectivity index (χ4n) is 0.999. The van der Waals surface area contributed by atoms with Crippen molar-refractivity contribution in [1.29, 1.82) is 0 Å². The molecule has 0 aromatic rings. The summed E-state index contributed by atoms with van der Waals surface area (Å²) in [5.41, 5.74) is 7.75. The zero-order chi connectivity index (χ0) is 10.8. The summed E-state index contributed by atoms with van der Waals surface area (Å²) >= 11 is 0. The Labute approximate surface area is 87.7 Å². The SMILES string of the molecule is C\C=C/C(N)=C\C=C\C(C)=C/CCC. The molecule has 0 bridgehead atoms. The van der Waals surface area contributed by atoms with Gasteiger partial charge < -0.3 is 5.73 Å². The van der Waals surface area contributed by atoms with Gasteiger partial charge in [0.25, 0.3) is 0 Å². The average molecular weight is 191 g/mol. The van der Waals surface area contributed by atoms with Crippen molar-refractivity contribution in [2.24, 2.45) is 5.73 Å². The van der Waals surface area contributed by atoms with Gasteiger partial charge in [0.1, 0.15) is 0 Å². The molecule has 1 nitrogen and oxygen atoms in total. The van der Waals surface area contributed by atoms with E-state index in [4.69, 9.17) is 5.73 Å². The van der Waals surface area contributed by atoms with E-state index in [9.17, 15) is 0 Å². The van der Waals surface area contributed by atoms with E-state index in [1.54, 1.807) is 0 Å². The summed E-state index contributed by atoms with van der Waals surface area (Å²) in [4.78, 5) is 0. The number of hydrogen-bond acceptors (Lipinski definition) is 1. The lowest BCUT2D eigenvalue weighted by Crippen LogP contribution is -1.90. The van der Waals surface area contributed by atoms with E-state index in [2.05, 4.69) is 26.0 Å². The highest BCUT2D eigenvalue weighted by atomic mass is 14.5. The second-order valence-electron chi connectivity index (χ2n) is 3.26. The Morgan fingerprint density at radius 3 is 2.57 bits per heavy atom.